The van der Waals surface area contributed by atoms with Crippen molar-refractivity contribution in [3.05, 3.63) is 11.6 Å². The zero-order chi connectivity index (χ0) is 10.2. The molecule has 0 aliphatic rings. The first-order valence-corrected chi connectivity index (χ1v) is 5.60. The SMILES string of the molecule is COCCN(CCCN)c1nccs1. The van der Waals surface area contributed by atoms with Crippen LogP contribution in [0.3, 0.4) is 0 Å². The van der Waals surface area contributed by atoms with Crippen molar-refractivity contribution < 1.29 is 4.74 Å². The molecule has 0 radical (unpaired) electrons. The molecule has 4 nitrogen and oxygen atoms in total. The third-order valence-electron chi connectivity index (χ3n) is 1.89. The largest absolute Gasteiger partial charge is 0.383 e. The first-order valence-electron chi connectivity index (χ1n) is 4.72. The minimum Gasteiger partial charge on any atom is -0.383 e. The topological polar surface area (TPSA) is 51.4 Å². The van der Waals surface area contributed by atoms with E-state index in [1.807, 2.05) is 11.6 Å². The number of hydrogen-bond acceptors (Lipinski definition) is 5. The second kappa shape index (κ2) is 6.75. The molecule has 14 heavy (non-hydrogen) atoms. The Balaban J connectivity index is 2.44. The first-order chi connectivity index (χ1) is 6.88. The summed E-state index contributed by atoms with van der Waals surface area (Å²) in [7, 11) is 1.71. The van der Waals surface area contributed by atoms with E-state index < -0.39 is 0 Å². The fourth-order valence-electron chi connectivity index (χ4n) is 1.16. The van der Waals surface area contributed by atoms with Crippen LogP contribution in [0.4, 0.5) is 5.13 Å². The van der Waals surface area contributed by atoms with Crippen molar-refractivity contribution >= 4 is 16.5 Å². The van der Waals surface area contributed by atoms with Crippen LogP contribution in [0.15, 0.2) is 11.6 Å². The molecule has 0 fully saturated rings. The summed E-state index contributed by atoms with van der Waals surface area (Å²) in [6, 6.07) is 0. The number of thiazole rings is 1. The minimum atomic E-state index is 0.717. The molecule has 0 atom stereocenters. The van der Waals surface area contributed by atoms with Crippen molar-refractivity contribution in [3.8, 4) is 0 Å². The van der Waals surface area contributed by atoms with Crippen molar-refractivity contribution in [2.45, 2.75) is 6.42 Å². The zero-order valence-electron chi connectivity index (χ0n) is 8.48. The van der Waals surface area contributed by atoms with E-state index in [-0.39, 0.29) is 0 Å². The lowest BCUT2D eigenvalue weighted by Crippen LogP contribution is -2.29. The van der Waals surface area contributed by atoms with Gasteiger partial charge in [0.1, 0.15) is 0 Å². The number of ether oxygens (including phenoxy) is 1. The Hall–Kier alpha value is -0.650. The van der Waals surface area contributed by atoms with Gasteiger partial charge in [-0.25, -0.2) is 4.98 Å². The summed E-state index contributed by atoms with van der Waals surface area (Å²) in [5, 5.41) is 3.04. The normalized spacial score (nSPS) is 10.4. The number of nitrogens with two attached hydrogens (primary N) is 1. The van der Waals surface area contributed by atoms with Crippen molar-refractivity contribution in [2.24, 2.45) is 5.73 Å². The number of nitrogens with zero attached hydrogens (tertiary/aromatic N) is 2. The highest BCUT2D eigenvalue weighted by molar-refractivity contribution is 7.13. The summed E-state index contributed by atoms with van der Waals surface area (Å²) < 4.78 is 5.05. The second-order valence-electron chi connectivity index (χ2n) is 2.94. The van der Waals surface area contributed by atoms with E-state index in [2.05, 4.69) is 9.88 Å². The highest BCUT2D eigenvalue weighted by atomic mass is 32.1. The van der Waals surface area contributed by atoms with Crippen LogP contribution in [0.5, 0.6) is 0 Å². The Morgan fingerprint density at radius 2 is 2.43 bits per heavy atom. The Kier molecular flexibility index (Phi) is 5.51. The summed E-state index contributed by atoms with van der Waals surface area (Å²) in [6.45, 7) is 3.27. The van der Waals surface area contributed by atoms with Gasteiger partial charge in [-0.05, 0) is 13.0 Å². The predicted molar refractivity (Wildman–Crippen MR) is 59.9 cm³/mol. The van der Waals surface area contributed by atoms with E-state index in [9.17, 15) is 0 Å². The first kappa shape index (κ1) is 11.4. The van der Waals surface area contributed by atoms with Gasteiger partial charge in [0.25, 0.3) is 0 Å². The molecule has 1 aromatic rings. The van der Waals surface area contributed by atoms with E-state index in [0.717, 1.165) is 37.8 Å². The summed E-state index contributed by atoms with van der Waals surface area (Å²) in [4.78, 5) is 6.48. The molecule has 0 unspecified atom stereocenters. The van der Waals surface area contributed by atoms with Crippen LogP contribution in [0.25, 0.3) is 0 Å². The fourth-order valence-corrected chi connectivity index (χ4v) is 1.86. The van der Waals surface area contributed by atoms with Gasteiger partial charge >= 0.3 is 0 Å². The lowest BCUT2D eigenvalue weighted by Gasteiger charge is -2.20. The standard InChI is InChI=1S/C9H17N3OS/c1-13-7-6-12(5-2-3-10)9-11-4-8-14-9/h4,8H,2-3,5-7,10H2,1H3. The number of methoxy groups -OCH3 is 1. The summed E-state index contributed by atoms with van der Waals surface area (Å²) >= 11 is 1.65. The Morgan fingerprint density at radius 3 is 3.00 bits per heavy atom. The molecule has 1 rings (SSSR count). The fraction of sp³-hybridized carbons (Fsp3) is 0.667. The van der Waals surface area contributed by atoms with E-state index in [4.69, 9.17) is 10.5 Å². The van der Waals surface area contributed by atoms with E-state index in [1.165, 1.54) is 0 Å². The van der Waals surface area contributed by atoms with Gasteiger partial charge in [-0.3, -0.25) is 0 Å². The molecule has 80 valence electrons. The molecule has 0 aliphatic carbocycles. The average Bonchev–Trinajstić information content (AvgIpc) is 2.71. The van der Waals surface area contributed by atoms with Crippen molar-refractivity contribution in [2.75, 3.05) is 38.3 Å². The molecule has 1 aromatic heterocycles. The molecular weight excluding hydrogens is 198 g/mol. The maximum Gasteiger partial charge on any atom is 0.185 e. The van der Waals surface area contributed by atoms with Crippen LogP contribution < -0.4 is 10.6 Å². The lowest BCUT2D eigenvalue weighted by atomic mass is 10.4. The Morgan fingerprint density at radius 1 is 1.57 bits per heavy atom. The van der Waals surface area contributed by atoms with E-state index in [0.29, 0.717) is 0 Å². The minimum absolute atomic E-state index is 0.717. The van der Waals surface area contributed by atoms with Gasteiger partial charge in [-0.1, -0.05) is 0 Å². The predicted octanol–water partition coefficient (Wildman–Crippen LogP) is 0.945. The van der Waals surface area contributed by atoms with Gasteiger partial charge in [-0.2, -0.15) is 0 Å². The molecule has 0 amide bonds. The van der Waals surface area contributed by atoms with Crippen LogP contribution in [-0.2, 0) is 4.74 Å². The van der Waals surface area contributed by atoms with Crippen LogP contribution in [0.2, 0.25) is 0 Å². The number of hydrogen-bond donors (Lipinski definition) is 1. The number of rotatable bonds is 7. The number of anilines is 1. The zero-order valence-corrected chi connectivity index (χ0v) is 9.30. The summed E-state index contributed by atoms with van der Waals surface area (Å²) in [6.07, 6.45) is 2.81. The maximum absolute atomic E-state index is 5.48. The molecule has 0 saturated heterocycles. The van der Waals surface area contributed by atoms with Crippen molar-refractivity contribution in [3.63, 3.8) is 0 Å². The molecule has 1 heterocycles. The molecule has 0 spiro atoms. The number of aromatic nitrogens is 1. The molecule has 0 saturated carbocycles. The lowest BCUT2D eigenvalue weighted by molar-refractivity contribution is 0.205. The summed E-state index contributed by atoms with van der Waals surface area (Å²) in [5.41, 5.74) is 5.48. The monoisotopic (exact) mass is 215 g/mol. The van der Waals surface area contributed by atoms with Crippen LogP contribution in [-0.4, -0.2) is 38.3 Å². The van der Waals surface area contributed by atoms with Gasteiger partial charge in [0, 0.05) is 31.8 Å². The molecule has 0 aromatic carbocycles. The van der Waals surface area contributed by atoms with Crippen LogP contribution in [0, 0.1) is 0 Å². The highest BCUT2D eigenvalue weighted by Crippen LogP contribution is 2.16. The van der Waals surface area contributed by atoms with Gasteiger partial charge in [0.2, 0.25) is 0 Å². The van der Waals surface area contributed by atoms with E-state index >= 15 is 0 Å². The summed E-state index contributed by atoms with van der Waals surface area (Å²) in [5.74, 6) is 0. The molecular formula is C9H17N3OS. The van der Waals surface area contributed by atoms with Gasteiger partial charge in [0.05, 0.1) is 6.61 Å². The van der Waals surface area contributed by atoms with Gasteiger partial charge in [0.15, 0.2) is 5.13 Å². The Bertz CT molecular complexity index is 220. The molecule has 0 bridgehead atoms. The van der Waals surface area contributed by atoms with Crippen molar-refractivity contribution in [1.82, 2.24) is 4.98 Å². The van der Waals surface area contributed by atoms with Gasteiger partial charge in [-0.15, -0.1) is 11.3 Å². The van der Waals surface area contributed by atoms with Crippen LogP contribution in [0.1, 0.15) is 6.42 Å². The van der Waals surface area contributed by atoms with Crippen LogP contribution >= 0.6 is 11.3 Å². The molecule has 5 heteroatoms. The average molecular weight is 215 g/mol. The molecule has 0 aliphatic heterocycles. The van der Waals surface area contributed by atoms with Crippen molar-refractivity contribution in [1.29, 1.82) is 0 Å². The quantitative estimate of drug-likeness (QED) is 0.735. The van der Waals surface area contributed by atoms with E-state index in [1.54, 1.807) is 18.4 Å². The molecule has 2 N–H and O–H groups in total. The smallest absolute Gasteiger partial charge is 0.185 e. The highest BCUT2D eigenvalue weighted by Gasteiger charge is 2.07. The third-order valence-corrected chi connectivity index (χ3v) is 2.72. The third kappa shape index (κ3) is 3.61. The maximum atomic E-state index is 5.48. The Labute approximate surface area is 88.7 Å². The second-order valence-corrected chi connectivity index (χ2v) is 3.81. The van der Waals surface area contributed by atoms with Gasteiger partial charge < -0.3 is 15.4 Å².